The van der Waals surface area contributed by atoms with Gasteiger partial charge >= 0.3 is 11.8 Å². The van der Waals surface area contributed by atoms with Gasteiger partial charge < -0.3 is 15.1 Å². The van der Waals surface area contributed by atoms with E-state index in [1.165, 1.54) is 4.90 Å². The average Bonchev–Trinajstić information content (AvgIpc) is 2.80. The molecule has 6 heteroatoms. The lowest BCUT2D eigenvalue weighted by molar-refractivity contribution is -0.143. The van der Waals surface area contributed by atoms with Gasteiger partial charge in [-0.25, -0.2) is 0 Å². The van der Waals surface area contributed by atoms with E-state index in [1.54, 1.807) is 17.0 Å². The summed E-state index contributed by atoms with van der Waals surface area (Å²) in [6.07, 6.45) is 0.672. The predicted molar refractivity (Wildman–Crippen MR) is 97.0 cm³/mol. The molecule has 0 unspecified atom stereocenters. The molecule has 1 saturated heterocycles. The fraction of sp³-hybridized carbons (Fsp3) is 0.526. The number of hydrogen-bond acceptors (Lipinski definition) is 3. The maximum atomic E-state index is 12.4. The van der Waals surface area contributed by atoms with Crippen molar-refractivity contribution in [2.45, 2.75) is 34.1 Å². The van der Waals surface area contributed by atoms with Crippen molar-refractivity contribution in [1.82, 2.24) is 9.80 Å². The zero-order chi connectivity index (χ0) is 18.6. The van der Waals surface area contributed by atoms with E-state index < -0.39 is 17.2 Å². The zero-order valence-electron chi connectivity index (χ0n) is 15.5. The lowest BCUT2D eigenvalue weighted by Gasteiger charge is -2.28. The van der Waals surface area contributed by atoms with Crippen LogP contribution in [-0.2, 0) is 14.4 Å². The predicted octanol–water partition coefficient (Wildman–Crippen LogP) is 2.04. The lowest BCUT2D eigenvalue weighted by atomic mass is 9.94. The minimum absolute atomic E-state index is 0.0749. The summed E-state index contributed by atoms with van der Waals surface area (Å²) < 4.78 is 0. The molecule has 0 bridgehead atoms. The van der Waals surface area contributed by atoms with Crippen molar-refractivity contribution in [3.8, 4) is 0 Å². The maximum Gasteiger partial charge on any atom is 0.313 e. The van der Waals surface area contributed by atoms with Crippen molar-refractivity contribution in [3.63, 3.8) is 0 Å². The first-order valence-corrected chi connectivity index (χ1v) is 8.65. The van der Waals surface area contributed by atoms with E-state index in [0.717, 1.165) is 5.56 Å². The Labute approximate surface area is 149 Å². The highest BCUT2D eigenvalue weighted by molar-refractivity contribution is 6.39. The molecule has 0 saturated carbocycles. The largest absolute Gasteiger partial charge is 0.340 e. The molecule has 1 aliphatic heterocycles. The number of nitrogens with one attached hydrogen (secondary N) is 1. The molecule has 0 aromatic heterocycles. The van der Waals surface area contributed by atoms with Gasteiger partial charge in [0.15, 0.2) is 0 Å². The van der Waals surface area contributed by atoms with Crippen LogP contribution >= 0.6 is 0 Å². The van der Waals surface area contributed by atoms with Gasteiger partial charge in [0.2, 0.25) is 5.91 Å². The normalized spacial score (nSPS) is 15.5. The summed E-state index contributed by atoms with van der Waals surface area (Å²) in [5.41, 5.74) is 1.24. The van der Waals surface area contributed by atoms with E-state index in [9.17, 15) is 14.4 Å². The van der Waals surface area contributed by atoms with Crippen LogP contribution in [0.3, 0.4) is 0 Å². The molecule has 136 valence electrons. The summed E-state index contributed by atoms with van der Waals surface area (Å²) in [4.78, 5) is 40.3. The molecule has 1 N–H and O–H groups in total. The van der Waals surface area contributed by atoms with Gasteiger partial charge in [-0.1, -0.05) is 38.5 Å². The van der Waals surface area contributed by atoms with E-state index in [2.05, 4.69) is 5.32 Å². The highest BCUT2D eigenvalue weighted by Crippen LogP contribution is 2.19. The summed E-state index contributed by atoms with van der Waals surface area (Å²) in [5, 5.41) is 2.63. The number of hydrogen-bond donors (Lipinski definition) is 1. The third-order valence-corrected chi connectivity index (χ3v) is 4.22. The Balaban J connectivity index is 1.95. The molecule has 0 aliphatic carbocycles. The summed E-state index contributed by atoms with van der Waals surface area (Å²) in [7, 11) is 0. The van der Waals surface area contributed by atoms with E-state index in [-0.39, 0.29) is 5.91 Å². The molecule has 0 spiro atoms. The van der Waals surface area contributed by atoms with Crippen LogP contribution in [0.15, 0.2) is 24.3 Å². The highest BCUT2D eigenvalue weighted by atomic mass is 16.2. The van der Waals surface area contributed by atoms with Crippen molar-refractivity contribution >= 4 is 23.4 Å². The second-order valence-electron chi connectivity index (χ2n) is 7.51. The second-order valence-corrected chi connectivity index (χ2v) is 7.51. The first kappa shape index (κ1) is 19.0. The molecule has 25 heavy (non-hydrogen) atoms. The molecule has 3 amide bonds. The zero-order valence-corrected chi connectivity index (χ0v) is 15.5. The molecule has 1 fully saturated rings. The summed E-state index contributed by atoms with van der Waals surface area (Å²) in [6.45, 7) is 9.54. The first-order chi connectivity index (χ1) is 11.7. The van der Waals surface area contributed by atoms with Crippen LogP contribution in [0.1, 0.15) is 32.8 Å². The van der Waals surface area contributed by atoms with Crippen LogP contribution in [0, 0.1) is 12.3 Å². The Morgan fingerprint density at radius 1 is 0.920 bits per heavy atom. The van der Waals surface area contributed by atoms with Crippen LogP contribution in [-0.4, -0.2) is 53.7 Å². The Morgan fingerprint density at radius 2 is 1.48 bits per heavy atom. The van der Waals surface area contributed by atoms with Gasteiger partial charge in [0, 0.05) is 37.3 Å². The number of nitrogens with zero attached hydrogens (tertiary/aromatic N) is 2. The highest BCUT2D eigenvalue weighted by Gasteiger charge is 2.30. The van der Waals surface area contributed by atoms with Crippen molar-refractivity contribution in [3.05, 3.63) is 29.8 Å². The van der Waals surface area contributed by atoms with Gasteiger partial charge in [0.1, 0.15) is 0 Å². The molecular weight excluding hydrogens is 318 g/mol. The van der Waals surface area contributed by atoms with Gasteiger partial charge in [0.05, 0.1) is 0 Å². The minimum Gasteiger partial charge on any atom is -0.340 e. The van der Waals surface area contributed by atoms with Gasteiger partial charge in [0.25, 0.3) is 0 Å². The standard InChI is InChI=1S/C19H27N3O3/c1-14-6-8-15(9-7-14)20-16(23)17(24)21-10-5-11-22(13-12-21)18(25)19(2,3)4/h6-9H,5,10-13H2,1-4H3,(H,20,23). The van der Waals surface area contributed by atoms with E-state index in [0.29, 0.717) is 38.3 Å². The topological polar surface area (TPSA) is 69.7 Å². The van der Waals surface area contributed by atoms with Crippen LogP contribution in [0.25, 0.3) is 0 Å². The summed E-state index contributed by atoms with van der Waals surface area (Å²) in [6, 6.07) is 7.30. The molecular formula is C19H27N3O3. The van der Waals surface area contributed by atoms with E-state index >= 15 is 0 Å². The van der Waals surface area contributed by atoms with Crippen molar-refractivity contribution < 1.29 is 14.4 Å². The van der Waals surface area contributed by atoms with Crippen LogP contribution < -0.4 is 5.32 Å². The number of rotatable bonds is 1. The Kier molecular flexibility index (Phi) is 5.82. The lowest BCUT2D eigenvalue weighted by Crippen LogP contribution is -2.44. The van der Waals surface area contributed by atoms with Gasteiger partial charge in [-0.05, 0) is 25.5 Å². The van der Waals surface area contributed by atoms with E-state index in [4.69, 9.17) is 0 Å². The third kappa shape index (κ3) is 5.05. The monoisotopic (exact) mass is 345 g/mol. The Bertz CT molecular complexity index is 647. The molecule has 0 radical (unpaired) electrons. The number of anilines is 1. The smallest absolute Gasteiger partial charge is 0.313 e. The fourth-order valence-corrected chi connectivity index (χ4v) is 2.76. The molecule has 1 heterocycles. The number of benzene rings is 1. The maximum absolute atomic E-state index is 12.4. The Morgan fingerprint density at radius 3 is 2.08 bits per heavy atom. The van der Waals surface area contributed by atoms with Crippen molar-refractivity contribution in [2.24, 2.45) is 5.41 Å². The van der Waals surface area contributed by atoms with Crippen LogP contribution in [0.5, 0.6) is 0 Å². The Hall–Kier alpha value is -2.37. The average molecular weight is 345 g/mol. The molecule has 1 aromatic carbocycles. The summed E-state index contributed by atoms with van der Waals surface area (Å²) >= 11 is 0. The third-order valence-electron chi connectivity index (χ3n) is 4.22. The van der Waals surface area contributed by atoms with Crippen molar-refractivity contribution in [1.29, 1.82) is 0 Å². The van der Waals surface area contributed by atoms with Crippen molar-refractivity contribution in [2.75, 3.05) is 31.5 Å². The minimum atomic E-state index is -0.639. The number of aryl methyl sites for hydroxylation is 1. The van der Waals surface area contributed by atoms with Gasteiger partial charge in [-0.3, -0.25) is 14.4 Å². The fourth-order valence-electron chi connectivity index (χ4n) is 2.76. The quantitative estimate of drug-likeness (QED) is 0.792. The molecule has 2 rings (SSSR count). The van der Waals surface area contributed by atoms with Gasteiger partial charge in [-0.2, -0.15) is 0 Å². The first-order valence-electron chi connectivity index (χ1n) is 8.65. The van der Waals surface area contributed by atoms with E-state index in [1.807, 2.05) is 39.8 Å². The second kappa shape index (κ2) is 7.68. The number of amides is 3. The summed E-state index contributed by atoms with van der Waals surface area (Å²) in [5.74, 6) is -1.11. The van der Waals surface area contributed by atoms with Crippen LogP contribution in [0.4, 0.5) is 5.69 Å². The van der Waals surface area contributed by atoms with Crippen LogP contribution in [0.2, 0.25) is 0 Å². The molecule has 1 aliphatic rings. The SMILES string of the molecule is Cc1ccc(NC(=O)C(=O)N2CCCN(C(=O)C(C)(C)C)CC2)cc1. The molecule has 1 aromatic rings. The number of carbonyl (C=O) groups is 3. The van der Waals surface area contributed by atoms with Gasteiger partial charge in [-0.15, -0.1) is 0 Å². The molecule has 6 nitrogen and oxygen atoms in total. The molecule has 0 atom stereocenters. The number of carbonyl (C=O) groups excluding carboxylic acids is 3.